The summed E-state index contributed by atoms with van der Waals surface area (Å²) in [5, 5.41) is 7.25. The molecule has 0 spiro atoms. The first-order valence-corrected chi connectivity index (χ1v) is 13.6. The van der Waals surface area contributed by atoms with Crippen LogP contribution in [0, 0.1) is 0 Å². The van der Waals surface area contributed by atoms with Gasteiger partial charge in [0.2, 0.25) is 15.9 Å². The number of pyridine rings is 1. The van der Waals surface area contributed by atoms with Crippen LogP contribution in [0.4, 0.5) is 9.93 Å². The molecule has 0 unspecified atom stereocenters. The molecule has 4 N–H and O–H groups in total. The number of hydrogen-bond acceptors (Lipinski definition) is 9. The number of primary amides is 1. The van der Waals surface area contributed by atoms with Gasteiger partial charge in [-0.1, -0.05) is 18.2 Å². The number of nitrogens with one attached hydrogen (secondary N) is 2. The van der Waals surface area contributed by atoms with E-state index < -0.39 is 40.3 Å². The van der Waals surface area contributed by atoms with Crippen molar-refractivity contribution < 1.29 is 27.5 Å². The summed E-state index contributed by atoms with van der Waals surface area (Å²) in [4.78, 5) is 43.8. The van der Waals surface area contributed by atoms with E-state index in [9.17, 15) is 22.8 Å². The zero-order valence-electron chi connectivity index (χ0n) is 19.7. The second kappa shape index (κ2) is 11.7. The molecule has 0 aliphatic heterocycles. The van der Waals surface area contributed by atoms with Gasteiger partial charge in [-0.15, -0.1) is 11.3 Å². The zero-order chi connectivity index (χ0) is 27.1. The third-order valence-electron chi connectivity index (χ3n) is 5.17. The van der Waals surface area contributed by atoms with Gasteiger partial charge >= 0.3 is 6.09 Å². The molecule has 0 atom stereocenters. The van der Waals surface area contributed by atoms with Gasteiger partial charge in [-0.2, -0.15) is 0 Å². The Bertz CT molecular complexity index is 1570. The Balaban J connectivity index is 1.31. The van der Waals surface area contributed by atoms with E-state index in [0.29, 0.717) is 10.8 Å². The highest BCUT2D eigenvalue weighted by atomic mass is 32.2. The number of ether oxygens (including phenoxy) is 1. The van der Waals surface area contributed by atoms with Gasteiger partial charge in [0.15, 0.2) is 5.13 Å². The number of carbonyl (C=O) groups excluding carboxylic acids is 3. The average molecular weight is 555 g/mol. The van der Waals surface area contributed by atoms with Crippen LogP contribution >= 0.6 is 11.3 Å². The Morgan fingerprint density at radius 2 is 1.82 bits per heavy atom. The van der Waals surface area contributed by atoms with Crippen molar-refractivity contribution in [2.24, 2.45) is 5.73 Å². The highest BCUT2D eigenvalue weighted by molar-refractivity contribution is 7.89. The Labute approximate surface area is 221 Å². The number of aromatic nitrogens is 3. The maximum Gasteiger partial charge on any atom is 0.404 e. The highest BCUT2D eigenvalue weighted by Crippen LogP contribution is 2.28. The van der Waals surface area contributed by atoms with E-state index in [2.05, 4.69) is 25.3 Å². The number of nitrogens with zero attached hydrogens (tertiary/aromatic N) is 3. The Kier molecular flexibility index (Phi) is 8.13. The smallest absolute Gasteiger partial charge is 0.404 e. The minimum atomic E-state index is -3.86. The maximum absolute atomic E-state index is 12.4. The number of nitrogens with two attached hydrogens (primary N) is 1. The quantitative estimate of drug-likeness (QED) is 0.268. The normalized spacial score (nSPS) is 11.1. The predicted octanol–water partition coefficient (Wildman–Crippen LogP) is 2.32. The van der Waals surface area contributed by atoms with Crippen molar-refractivity contribution in [3.63, 3.8) is 0 Å². The van der Waals surface area contributed by atoms with E-state index in [4.69, 9.17) is 5.73 Å². The standard InChI is InChI=1S/C24H22N6O6S2/c25-23(33)36-10-11-38(34,35)30-9-6-19(14-30)22(32)27-13-21(31)29-24-28-20(15-37-24)18-3-1-2-17(12-18)16-4-7-26-8-5-16/h1-9,12,14-15H,10-11,13H2,(H2,25,33)(H,27,32)(H,28,29,31). The summed E-state index contributed by atoms with van der Waals surface area (Å²) < 4.78 is 29.7. The van der Waals surface area contributed by atoms with Crippen molar-refractivity contribution in [1.82, 2.24) is 19.3 Å². The van der Waals surface area contributed by atoms with Crippen LogP contribution in [0.1, 0.15) is 10.4 Å². The van der Waals surface area contributed by atoms with Crippen molar-refractivity contribution in [3.8, 4) is 22.4 Å². The molecule has 4 aromatic rings. The molecule has 0 fully saturated rings. The van der Waals surface area contributed by atoms with Crippen LogP contribution < -0.4 is 16.4 Å². The molecule has 3 amide bonds. The van der Waals surface area contributed by atoms with Crippen LogP contribution in [-0.2, 0) is 19.6 Å². The molecule has 14 heteroatoms. The molecular weight excluding hydrogens is 532 g/mol. The van der Waals surface area contributed by atoms with E-state index in [1.54, 1.807) is 12.4 Å². The van der Waals surface area contributed by atoms with E-state index in [1.165, 1.54) is 23.6 Å². The topological polar surface area (TPSA) is 175 Å². The van der Waals surface area contributed by atoms with E-state index >= 15 is 0 Å². The summed E-state index contributed by atoms with van der Waals surface area (Å²) in [5.41, 5.74) is 8.44. The van der Waals surface area contributed by atoms with Crippen LogP contribution in [0.15, 0.2) is 72.6 Å². The predicted molar refractivity (Wildman–Crippen MR) is 141 cm³/mol. The van der Waals surface area contributed by atoms with Crippen molar-refractivity contribution in [3.05, 3.63) is 78.2 Å². The molecule has 4 rings (SSSR count). The SMILES string of the molecule is NC(=O)OCCS(=O)(=O)n1ccc(C(=O)NCC(=O)Nc2nc(-c3cccc(-c4ccncc4)c3)cs2)c1. The lowest BCUT2D eigenvalue weighted by Crippen LogP contribution is -2.32. The summed E-state index contributed by atoms with van der Waals surface area (Å²) in [6, 6.07) is 12.9. The molecule has 0 radical (unpaired) electrons. The summed E-state index contributed by atoms with van der Waals surface area (Å²) in [5.74, 6) is -1.66. The van der Waals surface area contributed by atoms with Crippen molar-refractivity contribution in [1.29, 1.82) is 0 Å². The van der Waals surface area contributed by atoms with Crippen LogP contribution in [0.5, 0.6) is 0 Å². The molecule has 196 valence electrons. The fourth-order valence-corrected chi connectivity index (χ4v) is 5.09. The molecule has 3 heterocycles. The first-order chi connectivity index (χ1) is 18.2. The number of hydrogen-bond donors (Lipinski definition) is 3. The number of benzene rings is 1. The summed E-state index contributed by atoms with van der Waals surface area (Å²) in [6.45, 7) is -0.776. The Morgan fingerprint density at radius 1 is 1.05 bits per heavy atom. The second-order valence-electron chi connectivity index (χ2n) is 7.80. The van der Waals surface area contributed by atoms with E-state index in [1.807, 2.05) is 41.8 Å². The second-order valence-corrected chi connectivity index (χ2v) is 10.7. The monoisotopic (exact) mass is 554 g/mol. The molecule has 12 nitrogen and oxygen atoms in total. The number of rotatable bonds is 10. The van der Waals surface area contributed by atoms with Crippen LogP contribution in [0.2, 0.25) is 0 Å². The first kappa shape index (κ1) is 26.5. The fourth-order valence-electron chi connectivity index (χ4n) is 3.33. The molecule has 0 aliphatic carbocycles. The highest BCUT2D eigenvalue weighted by Gasteiger charge is 2.17. The van der Waals surface area contributed by atoms with Gasteiger partial charge in [0.1, 0.15) is 12.4 Å². The third-order valence-corrected chi connectivity index (χ3v) is 7.48. The first-order valence-electron chi connectivity index (χ1n) is 11.1. The van der Waals surface area contributed by atoms with Crippen molar-refractivity contribution in [2.75, 3.05) is 24.2 Å². The molecule has 0 saturated carbocycles. The molecule has 0 saturated heterocycles. The van der Waals surface area contributed by atoms with Gasteiger partial charge < -0.3 is 21.1 Å². The van der Waals surface area contributed by atoms with Gasteiger partial charge in [0, 0.05) is 35.7 Å². The van der Waals surface area contributed by atoms with Gasteiger partial charge in [-0.25, -0.2) is 18.2 Å². The summed E-state index contributed by atoms with van der Waals surface area (Å²) >= 11 is 1.24. The van der Waals surface area contributed by atoms with E-state index in [0.717, 1.165) is 26.9 Å². The average Bonchev–Trinajstić information content (AvgIpc) is 3.58. The summed E-state index contributed by atoms with van der Waals surface area (Å²) in [6.07, 6.45) is 4.63. The molecule has 3 aromatic heterocycles. The Hall–Kier alpha value is -4.56. The zero-order valence-corrected chi connectivity index (χ0v) is 21.4. The number of thiazole rings is 1. The van der Waals surface area contributed by atoms with Crippen LogP contribution in [0.3, 0.4) is 0 Å². The Morgan fingerprint density at radius 3 is 2.58 bits per heavy atom. The lowest BCUT2D eigenvalue weighted by Gasteiger charge is -2.06. The minimum Gasteiger partial charge on any atom is -0.449 e. The molecule has 1 aromatic carbocycles. The lowest BCUT2D eigenvalue weighted by molar-refractivity contribution is -0.115. The van der Waals surface area contributed by atoms with Crippen LogP contribution in [-0.4, -0.2) is 59.2 Å². The van der Waals surface area contributed by atoms with Crippen molar-refractivity contribution >= 4 is 44.4 Å². The van der Waals surface area contributed by atoms with Gasteiger partial charge in [0.25, 0.3) is 5.91 Å². The summed E-state index contributed by atoms with van der Waals surface area (Å²) in [7, 11) is -3.86. The van der Waals surface area contributed by atoms with Gasteiger partial charge in [-0.05, 0) is 35.4 Å². The lowest BCUT2D eigenvalue weighted by atomic mass is 10.0. The molecule has 0 bridgehead atoms. The largest absolute Gasteiger partial charge is 0.449 e. The third kappa shape index (κ3) is 6.80. The molecule has 0 aliphatic rings. The van der Waals surface area contributed by atoms with Crippen LogP contribution in [0.25, 0.3) is 22.4 Å². The van der Waals surface area contributed by atoms with Gasteiger partial charge in [-0.3, -0.25) is 18.5 Å². The fraction of sp³-hybridized carbons (Fsp3) is 0.125. The number of amides is 3. The number of anilines is 1. The van der Waals surface area contributed by atoms with Crippen molar-refractivity contribution in [2.45, 2.75) is 0 Å². The molecular formula is C24H22N6O6S2. The van der Waals surface area contributed by atoms with E-state index in [-0.39, 0.29) is 12.1 Å². The molecule has 38 heavy (non-hydrogen) atoms. The maximum atomic E-state index is 12.4. The minimum absolute atomic E-state index is 0.0304. The van der Waals surface area contributed by atoms with Gasteiger partial charge in [0.05, 0.1) is 17.8 Å². The number of carbonyl (C=O) groups is 3.